The second kappa shape index (κ2) is 5.10. The molecule has 0 aromatic carbocycles. The van der Waals surface area contributed by atoms with Crippen LogP contribution >= 0.6 is 0 Å². The Morgan fingerprint density at radius 1 is 1.47 bits per heavy atom. The summed E-state index contributed by atoms with van der Waals surface area (Å²) in [5.41, 5.74) is 9.30. The SMILES string of the molecule is CC(N)c1cc2c(n(CC3CCCO3)c1=O)CCC2. The number of fused-ring (bicyclic) bond motifs is 1. The van der Waals surface area contributed by atoms with E-state index in [0.717, 1.165) is 44.3 Å². The molecule has 2 N–H and O–H groups in total. The fourth-order valence-electron chi connectivity index (χ4n) is 3.25. The predicted octanol–water partition coefficient (Wildman–Crippen LogP) is 1.54. The predicted molar refractivity (Wildman–Crippen MR) is 74.3 cm³/mol. The standard InChI is InChI=1S/C15H22N2O2/c1-10(16)13-8-11-4-2-6-14(11)17(15(13)18)9-12-5-3-7-19-12/h8,10,12H,2-7,9,16H2,1H3. The van der Waals surface area contributed by atoms with Gasteiger partial charge in [0.1, 0.15) is 0 Å². The van der Waals surface area contributed by atoms with Crippen molar-refractivity contribution in [3.63, 3.8) is 0 Å². The van der Waals surface area contributed by atoms with Crippen LogP contribution in [-0.4, -0.2) is 17.3 Å². The highest BCUT2D eigenvalue weighted by Gasteiger charge is 2.24. The third-order valence-corrected chi connectivity index (χ3v) is 4.28. The summed E-state index contributed by atoms with van der Waals surface area (Å²) in [6.45, 7) is 3.41. The second-order valence-corrected chi connectivity index (χ2v) is 5.76. The number of nitrogens with zero attached hydrogens (tertiary/aromatic N) is 1. The highest BCUT2D eigenvalue weighted by Crippen LogP contribution is 2.24. The maximum atomic E-state index is 12.6. The fraction of sp³-hybridized carbons (Fsp3) is 0.667. The summed E-state index contributed by atoms with van der Waals surface area (Å²) < 4.78 is 7.62. The number of aromatic nitrogens is 1. The molecule has 2 unspecified atom stereocenters. The molecule has 0 radical (unpaired) electrons. The average Bonchev–Trinajstić information content (AvgIpc) is 3.02. The summed E-state index contributed by atoms with van der Waals surface area (Å²) in [4.78, 5) is 12.6. The molecule has 1 aliphatic carbocycles. The zero-order valence-corrected chi connectivity index (χ0v) is 11.5. The fourth-order valence-corrected chi connectivity index (χ4v) is 3.25. The van der Waals surface area contributed by atoms with Crippen molar-refractivity contribution in [2.45, 2.75) is 57.7 Å². The topological polar surface area (TPSA) is 57.2 Å². The highest BCUT2D eigenvalue weighted by atomic mass is 16.5. The van der Waals surface area contributed by atoms with Crippen LogP contribution in [-0.2, 0) is 24.1 Å². The minimum absolute atomic E-state index is 0.0890. The van der Waals surface area contributed by atoms with Crippen molar-refractivity contribution in [1.82, 2.24) is 4.57 Å². The molecular weight excluding hydrogens is 240 g/mol. The molecule has 1 aromatic heterocycles. The number of rotatable bonds is 3. The Kier molecular flexibility index (Phi) is 3.46. The number of hydrogen-bond acceptors (Lipinski definition) is 3. The number of aryl methyl sites for hydroxylation is 1. The van der Waals surface area contributed by atoms with Gasteiger partial charge in [-0.2, -0.15) is 0 Å². The van der Waals surface area contributed by atoms with Crippen molar-refractivity contribution < 1.29 is 4.74 Å². The van der Waals surface area contributed by atoms with E-state index in [9.17, 15) is 4.79 Å². The first-order valence-corrected chi connectivity index (χ1v) is 7.29. The summed E-state index contributed by atoms with van der Waals surface area (Å²) >= 11 is 0. The molecule has 2 aliphatic rings. The van der Waals surface area contributed by atoms with Crippen LogP contribution in [0.25, 0.3) is 0 Å². The van der Waals surface area contributed by atoms with Gasteiger partial charge in [0, 0.05) is 23.9 Å². The van der Waals surface area contributed by atoms with Crippen LogP contribution in [0.4, 0.5) is 0 Å². The number of ether oxygens (including phenoxy) is 1. The molecule has 0 spiro atoms. The molecule has 4 heteroatoms. The van der Waals surface area contributed by atoms with Gasteiger partial charge in [-0.15, -0.1) is 0 Å². The summed E-state index contributed by atoms with van der Waals surface area (Å²) in [7, 11) is 0. The summed E-state index contributed by atoms with van der Waals surface area (Å²) in [5.74, 6) is 0. The maximum absolute atomic E-state index is 12.6. The monoisotopic (exact) mass is 262 g/mol. The third-order valence-electron chi connectivity index (χ3n) is 4.28. The van der Waals surface area contributed by atoms with Crippen molar-refractivity contribution >= 4 is 0 Å². The number of nitrogens with two attached hydrogens (primary N) is 1. The molecule has 1 aromatic rings. The van der Waals surface area contributed by atoms with Crippen molar-refractivity contribution in [1.29, 1.82) is 0 Å². The first kappa shape index (κ1) is 12.9. The molecule has 0 bridgehead atoms. The minimum atomic E-state index is -0.200. The first-order chi connectivity index (χ1) is 9.16. The lowest BCUT2D eigenvalue weighted by molar-refractivity contribution is 0.0954. The third kappa shape index (κ3) is 2.35. The van der Waals surface area contributed by atoms with Crippen molar-refractivity contribution in [2.75, 3.05) is 6.61 Å². The van der Waals surface area contributed by atoms with Gasteiger partial charge in [-0.05, 0) is 50.7 Å². The van der Waals surface area contributed by atoms with Gasteiger partial charge in [-0.25, -0.2) is 0 Å². The van der Waals surface area contributed by atoms with Crippen LogP contribution in [0.1, 0.15) is 49.0 Å². The molecule has 2 heterocycles. The van der Waals surface area contributed by atoms with E-state index in [4.69, 9.17) is 10.5 Å². The quantitative estimate of drug-likeness (QED) is 0.899. The van der Waals surface area contributed by atoms with Gasteiger partial charge >= 0.3 is 0 Å². The van der Waals surface area contributed by atoms with Crippen LogP contribution in [0.2, 0.25) is 0 Å². The molecule has 1 aliphatic heterocycles. The zero-order valence-electron chi connectivity index (χ0n) is 11.5. The Morgan fingerprint density at radius 3 is 3.00 bits per heavy atom. The smallest absolute Gasteiger partial charge is 0.255 e. The van der Waals surface area contributed by atoms with Gasteiger partial charge in [0.2, 0.25) is 0 Å². The summed E-state index contributed by atoms with van der Waals surface area (Å²) in [5, 5.41) is 0. The Hall–Kier alpha value is -1.13. The molecule has 0 saturated carbocycles. The summed E-state index contributed by atoms with van der Waals surface area (Å²) in [6.07, 6.45) is 5.59. The lowest BCUT2D eigenvalue weighted by atomic mass is 10.1. The molecule has 19 heavy (non-hydrogen) atoms. The molecule has 1 saturated heterocycles. The number of hydrogen-bond donors (Lipinski definition) is 1. The van der Waals surface area contributed by atoms with Gasteiger partial charge in [0.25, 0.3) is 5.56 Å². The molecular formula is C15H22N2O2. The molecule has 3 rings (SSSR count). The lowest BCUT2D eigenvalue weighted by Gasteiger charge is -2.19. The number of pyridine rings is 1. The van der Waals surface area contributed by atoms with E-state index in [1.54, 1.807) is 0 Å². The second-order valence-electron chi connectivity index (χ2n) is 5.76. The van der Waals surface area contributed by atoms with E-state index < -0.39 is 0 Å². The van der Waals surface area contributed by atoms with E-state index >= 15 is 0 Å². The maximum Gasteiger partial charge on any atom is 0.255 e. The summed E-state index contributed by atoms with van der Waals surface area (Å²) in [6, 6.07) is 1.83. The van der Waals surface area contributed by atoms with Crippen molar-refractivity contribution in [3.05, 3.63) is 33.2 Å². The minimum Gasteiger partial charge on any atom is -0.376 e. The van der Waals surface area contributed by atoms with Crippen LogP contribution < -0.4 is 11.3 Å². The van der Waals surface area contributed by atoms with Crippen LogP contribution in [0.5, 0.6) is 0 Å². The van der Waals surface area contributed by atoms with Crippen LogP contribution in [0.3, 0.4) is 0 Å². The highest BCUT2D eigenvalue weighted by molar-refractivity contribution is 5.31. The molecule has 1 fully saturated rings. The van der Waals surface area contributed by atoms with Crippen molar-refractivity contribution in [3.8, 4) is 0 Å². The Labute approximate surface area is 113 Å². The van der Waals surface area contributed by atoms with Crippen LogP contribution in [0, 0.1) is 0 Å². The zero-order chi connectivity index (χ0) is 13.4. The molecule has 2 atom stereocenters. The van der Waals surface area contributed by atoms with E-state index in [2.05, 4.69) is 0 Å². The van der Waals surface area contributed by atoms with E-state index in [0.29, 0.717) is 6.54 Å². The lowest BCUT2D eigenvalue weighted by Crippen LogP contribution is -2.33. The van der Waals surface area contributed by atoms with E-state index in [1.807, 2.05) is 17.6 Å². The average molecular weight is 262 g/mol. The van der Waals surface area contributed by atoms with E-state index in [1.165, 1.54) is 11.3 Å². The van der Waals surface area contributed by atoms with Gasteiger partial charge in [0.15, 0.2) is 0 Å². The van der Waals surface area contributed by atoms with Crippen molar-refractivity contribution in [2.24, 2.45) is 5.73 Å². The Bertz CT molecular complexity index is 528. The molecule has 4 nitrogen and oxygen atoms in total. The first-order valence-electron chi connectivity index (χ1n) is 7.29. The van der Waals surface area contributed by atoms with Gasteiger partial charge in [-0.1, -0.05) is 0 Å². The van der Waals surface area contributed by atoms with Gasteiger partial charge in [0.05, 0.1) is 12.6 Å². The Morgan fingerprint density at radius 2 is 2.32 bits per heavy atom. The molecule has 104 valence electrons. The van der Waals surface area contributed by atoms with Gasteiger partial charge in [-0.3, -0.25) is 4.79 Å². The Balaban J connectivity index is 2.02. The largest absolute Gasteiger partial charge is 0.376 e. The van der Waals surface area contributed by atoms with Crippen LogP contribution in [0.15, 0.2) is 10.9 Å². The molecule has 0 amide bonds. The van der Waals surface area contributed by atoms with E-state index in [-0.39, 0.29) is 17.7 Å². The normalized spacial score (nSPS) is 23.6. The van der Waals surface area contributed by atoms with Gasteiger partial charge < -0.3 is 15.0 Å².